The van der Waals surface area contributed by atoms with Gasteiger partial charge < -0.3 is 17.7 Å². The summed E-state index contributed by atoms with van der Waals surface area (Å²) in [4.78, 5) is 13.1. The molecule has 2 fully saturated rings. The molecule has 0 aromatic carbocycles. The van der Waals surface area contributed by atoms with E-state index in [0.29, 0.717) is 19.8 Å². The summed E-state index contributed by atoms with van der Waals surface area (Å²) >= 11 is 0. The molecule has 2 aliphatic carbocycles. The van der Waals surface area contributed by atoms with E-state index < -0.39 is 20.6 Å². The highest BCUT2D eigenvalue weighted by molar-refractivity contribution is 6.53. The van der Waals surface area contributed by atoms with Crippen molar-refractivity contribution in [3.05, 3.63) is 12.7 Å². The van der Waals surface area contributed by atoms with Gasteiger partial charge >= 0.3 is 9.05 Å². The zero-order valence-electron chi connectivity index (χ0n) is 15.0. The smallest absolute Gasteiger partial charge is 0.351 e. The molecule has 0 heterocycles. The minimum absolute atomic E-state index is 0.102. The van der Waals surface area contributed by atoms with Crippen LogP contribution in [0.15, 0.2) is 12.7 Å². The predicted octanol–water partition coefficient (Wildman–Crippen LogP) is 3.11. The van der Waals surface area contributed by atoms with Crippen LogP contribution in [0.4, 0.5) is 0 Å². The van der Waals surface area contributed by atoms with Gasteiger partial charge in [-0.1, -0.05) is 19.9 Å². The van der Waals surface area contributed by atoms with E-state index >= 15 is 0 Å². The number of carbonyl (C=O) groups excluding carboxylic acids is 1. The molecule has 0 saturated heterocycles. The number of rotatable bonds is 9. The molecule has 0 aliphatic heterocycles. The van der Waals surface area contributed by atoms with Crippen LogP contribution in [0.5, 0.6) is 0 Å². The van der Waals surface area contributed by atoms with Gasteiger partial charge in [0.25, 0.3) is 0 Å². The molecule has 132 valence electrons. The Hall–Kier alpha value is -0.533. The van der Waals surface area contributed by atoms with Crippen molar-refractivity contribution in [2.45, 2.75) is 53.6 Å². The van der Waals surface area contributed by atoms with Crippen molar-refractivity contribution in [2.24, 2.45) is 16.7 Å². The van der Waals surface area contributed by atoms with Crippen LogP contribution < -0.4 is 0 Å². The van der Waals surface area contributed by atoms with Gasteiger partial charge in [-0.25, -0.2) is 0 Å². The molecule has 5 nitrogen and oxygen atoms in total. The Morgan fingerprint density at radius 1 is 1.17 bits per heavy atom. The maximum atomic E-state index is 13.1. The van der Waals surface area contributed by atoms with E-state index in [4.69, 9.17) is 17.7 Å². The van der Waals surface area contributed by atoms with E-state index in [0.717, 1.165) is 12.8 Å². The second-order valence-electron chi connectivity index (χ2n) is 6.74. The molecule has 2 saturated carbocycles. The summed E-state index contributed by atoms with van der Waals surface area (Å²) in [6.07, 6.45) is 3.08. The van der Waals surface area contributed by atoms with Crippen molar-refractivity contribution >= 4 is 14.8 Å². The first-order valence-electron chi connectivity index (χ1n) is 8.61. The van der Waals surface area contributed by atoms with Gasteiger partial charge in [-0.15, -0.1) is 6.58 Å². The monoisotopic (exact) mass is 342 g/mol. The molecule has 0 aromatic heterocycles. The molecule has 2 rings (SSSR count). The van der Waals surface area contributed by atoms with Gasteiger partial charge in [0.2, 0.25) is 0 Å². The fourth-order valence-corrected chi connectivity index (χ4v) is 6.42. The molecular formula is C17H30O5Si. The summed E-state index contributed by atoms with van der Waals surface area (Å²) in [5.74, 6) is 0.242. The Labute approximate surface area is 140 Å². The summed E-state index contributed by atoms with van der Waals surface area (Å²) in [6, 6.07) is 0. The van der Waals surface area contributed by atoms with Crippen LogP contribution in [0.1, 0.15) is 47.5 Å². The molecule has 3 unspecified atom stereocenters. The average Bonchev–Trinajstić information content (AvgIpc) is 2.83. The Bertz CT molecular complexity index is 447. The first-order chi connectivity index (χ1) is 10.8. The lowest BCUT2D eigenvalue weighted by Gasteiger charge is -2.33. The molecule has 0 amide bonds. The van der Waals surface area contributed by atoms with Crippen LogP contribution in [0.3, 0.4) is 0 Å². The Kier molecular flexibility index (Phi) is 5.53. The van der Waals surface area contributed by atoms with Crippen LogP contribution in [0, 0.1) is 16.7 Å². The van der Waals surface area contributed by atoms with E-state index in [1.807, 2.05) is 26.8 Å². The van der Waals surface area contributed by atoms with Gasteiger partial charge in [-0.3, -0.25) is 4.79 Å². The van der Waals surface area contributed by atoms with E-state index in [1.54, 1.807) is 0 Å². The zero-order valence-corrected chi connectivity index (χ0v) is 16.0. The molecular weight excluding hydrogens is 312 g/mol. The van der Waals surface area contributed by atoms with E-state index in [9.17, 15) is 4.79 Å². The van der Waals surface area contributed by atoms with Gasteiger partial charge in [0.05, 0.1) is 5.41 Å². The third-order valence-electron chi connectivity index (χ3n) is 5.57. The highest BCUT2D eigenvalue weighted by atomic mass is 28.4. The Morgan fingerprint density at radius 2 is 1.70 bits per heavy atom. The third-order valence-corrected chi connectivity index (χ3v) is 8.04. The number of hydrogen-bond acceptors (Lipinski definition) is 5. The molecule has 0 spiro atoms. The Morgan fingerprint density at radius 3 is 2.09 bits per heavy atom. The summed E-state index contributed by atoms with van der Waals surface area (Å²) in [7, 11) is -3.30. The minimum atomic E-state index is -3.30. The summed E-state index contributed by atoms with van der Waals surface area (Å²) in [5.41, 5.74) is -0.672. The molecule has 2 aliphatic rings. The molecule has 2 bridgehead atoms. The van der Waals surface area contributed by atoms with Gasteiger partial charge in [-0.05, 0) is 44.9 Å². The first kappa shape index (κ1) is 18.8. The fraction of sp³-hybridized carbons (Fsp3) is 0.824. The van der Waals surface area contributed by atoms with Crippen molar-refractivity contribution in [3.63, 3.8) is 0 Å². The third kappa shape index (κ3) is 2.74. The maximum absolute atomic E-state index is 13.1. The van der Waals surface area contributed by atoms with E-state index in [-0.39, 0.29) is 17.1 Å². The van der Waals surface area contributed by atoms with E-state index in [1.165, 1.54) is 0 Å². The lowest BCUT2D eigenvalue weighted by molar-refractivity contribution is -0.139. The van der Waals surface area contributed by atoms with Crippen LogP contribution in [-0.2, 0) is 22.5 Å². The lowest BCUT2D eigenvalue weighted by atomic mass is 9.69. The predicted molar refractivity (Wildman–Crippen MR) is 89.6 cm³/mol. The van der Waals surface area contributed by atoms with Gasteiger partial charge in [0, 0.05) is 19.8 Å². The highest BCUT2D eigenvalue weighted by Crippen LogP contribution is 2.65. The van der Waals surface area contributed by atoms with Crippen molar-refractivity contribution in [2.75, 3.05) is 19.8 Å². The maximum Gasteiger partial charge on any atom is 0.680 e. The Balaban J connectivity index is 2.31. The van der Waals surface area contributed by atoms with Crippen LogP contribution >= 0.6 is 0 Å². The molecule has 6 heteroatoms. The number of fused-ring (bicyclic) bond motifs is 2. The SMILES string of the molecule is C=CC12CCC(C(O[Si](OCC)(OCC)OCC)C1=O)C2(C)C. The molecule has 0 N–H and O–H groups in total. The first-order valence-corrected chi connectivity index (χ1v) is 10.2. The van der Waals surface area contributed by atoms with Crippen LogP contribution in [0.2, 0.25) is 0 Å². The number of carbonyl (C=O) groups is 1. The van der Waals surface area contributed by atoms with Gasteiger partial charge in [0.1, 0.15) is 6.10 Å². The minimum Gasteiger partial charge on any atom is -0.351 e. The second-order valence-corrected chi connectivity index (χ2v) is 8.85. The number of ketones is 1. The van der Waals surface area contributed by atoms with Crippen molar-refractivity contribution < 1.29 is 22.5 Å². The fourth-order valence-electron chi connectivity index (χ4n) is 4.32. The summed E-state index contributed by atoms with van der Waals surface area (Å²) in [6.45, 7) is 15.1. The normalized spacial score (nSPS) is 32.5. The van der Waals surface area contributed by atoms with Crippen LogP contribution in [0.25, 0.3) is 0 Å². The topological polar surface area (TPSA) is 54.0 Å². The van der Waals surface area contributed by atoms with Crippen LogP contribution in [-0.4, -0.2) is 40.8 Å². The molecule has 23 heavy (non-hydrogen) atoms. The quantitative estimate of drug-likeness (QED) is 0.476. The van der Waals surface area contributed by atoms with Gasteiger partial charge in [-0.2, -0.15) is 0 Å². The van der Waals surface area contributed by atoms with Crippen molar-refractivity contribution in [1.29, 1.82) is 0 Å². The lowest BCUT2D eigenvalue weighted by Crippen LogP contribution is -2.54. The highest BCUT2D eigenvalue weighted by Gasteiger charge is 2.69. The van der Waals surface area contributed by atoms with Gasteiger partial charge in [0.15, 0.2) is 5.78 Å². The molecule has 3 atom stereocenters. The zero-order chi connectivity index (χ0) is 17.3. The standard InChI is InChI=1S/C17H30O5Si/c1-7-17-12-11-13(16(17,5)6)14(15(17)18)22-23(19-8-2,20-9-3)21-10-4/h7,13-14H,1,8-12H2,2-6H3. The van der Waals surface area contributed by atoms with E-state index in [2.05, 4.69) is 20.4 Å². The average molecular weight is 343 g/mol. The molecule has 0 radical (unpaired) electrons. The largest absolute Gasteiger partial charge is 0.680 e. The van der Waals surface area contributed by atoms with Crippen molar-refractivity contribution in [3.8, 4) is 0 Å². The molecule has 0 aromatic rings. The number of Topliss-reactive ketones (excluding diaryl/α,β-unsaturated/α-hetero) is 1. The summed E-state index contributed by atoms with van der Waals surface area (Å²) in [5, 5.41) is 0. The van der Waals surface area contributed by atoms with Crippen molar-refractivity contribution in [1.82, 2.24) is 0 Å². The number of hydrogen-bond donors (Lipinski definition) is 0. The second kappa shape index (κ2) is 6.76. The number of allylic oxidation sites excluding steroid dienone is 1. The summed E-state index contributed by atoms with van der Waals surface area (Å²) < 4.78 is 23.5.